The van der Waals surface area contributed by atoms with Gasteiger partial charge in [-0.15, -0.1) is 0 Å². The van der Waals surface area contributed by atoms with Crippen LogP contribution in [0, 0.1) is 0 Å². The average molecular weight is 276 g/mol. The van der Waals surface area contributed by atoms with E-state index in [-0.39, 0.29) is 6.61 Å². The first kappa shape index (κ1) is 14.4. The van der Waals surface area contributed by atoms with Crippen LogP contribution in [0.2, 0.25) is 0 Å². The maximum absolute atomic E-state index is 9.15. The molecule has 1 N–H and O–H groups in total. The van der Waals surface area contributed by atoms with E-state index < -0.39 is 0 Å². The number of aryl methyl sites for hydroxylation is 1. The number of aliphatic hydroxyl groups is 1. The third kappa shape index (κ3) is 3.51. The van der Waals surface area contributed by atoms with Crippen LogP contribution >= 0.6 is 0 Å². The highest BCUT2D eigenvalue weighted by Crippen LogP contribution is 2.29. The molecule has 0 aliphatic heterocycles. The van der Waals surface area contributed by atoms with Crippen LogP contribution in [-0.2, 0) is 19.8 Å². The van der Waals surface area contributed by atoms with Gasteiger partial charge in [0.1, 0.15) is 6.61 Å². The van der Waals surface area contributed by atoms with Crippen LogP contribution in [-0.4, -0.2) is 21.5 Å². The van der Waals surface area contributed by atoms with E-state index in [9.17, 15) is 0 Å². The number of aliphatic hydroxyl groups excluding tert-OH is 1. The molecule has 1 aromatic heterocycles. The van der Waals surface area contributed by atoms with Crippen molar-refractivity contribution in [2.45, 2.75) is 33.6 Å². The predicted molar refractivity (Wildman–Crippen MR) is 75.8 cm³/mol. The first-order chi connectivity index (χ1) is 9.76. The molecule has 0 spiro atoms. The van der Waals surface area contributed by atoms with E-state index in [1.165, 1.54) is 0 Å². The molecule has 0 atom stereocenters. The lowest BCUT2D eigenvalue weighted by molar-refractivity contribution is 0.263. The number of aromatic nitrogens is 2. The first-order valence-electron chi connectivity index (χ1n) is 6.77. The first-order valence-corrected chi connectivity index (χ1v) is 6.77. The molecule has 0 radical (unpaired) electrons. The third-order valence-corrected chi connectivity index (χ3v) is 2.90. The van der Waals surface area contributed by atoms with Crippen molar-refractivity contribution in [1.29, 1.82) is 0 Å². The fraction of sp³-hybridized carbons (Fsp3) is 0.400. The minimum absolute atomic E-state index is 0.0103. The van der Waals surface area contributed by atoms with Gasteiger partial charge in [0.15, 0.2) is 11.5 Å². The topological polar surface area (TPSA) is 56.5 Å². The second kappa shape index (κ2) is 6.96. The second-order valence-electron chi connectivity index (χ2n) is 4.37. The van der Waals surface area contributed by atoms with Crippen molar-refractivity contribution in [3.05, 3.63) is 41.7 Å². The summed E-state index contributed by atoms with van der Waals surface area (Å²) in [6.07, 6.45) is 3.76. The summed E-state index contributed by atoms with van der Waals surface area (Å²) in [5, 5.41) is 13.4. The van der Waals surface area contributed by atoms with E-state index in [4.69, 9.17) is 14.6 Å². The van der Waals surface area contributed by atoms with Crippen molar-refractivity contribution in [3.8, 4) is 11.5 Å². The Morgan fingerprint density at radius 2 is 2.00 bits per heavy atom. The largest absolute Gasteiger partial charge is 0.490 e. The normalized spacial score (nSPS) is 10.6. The summed E-state index contributed by atoms with van der Waals surface area (Å²) < 4.78 is 13.2. The Balaban J connectivity index is 2.07. The van der Waals surface area contributed by atoms with Gasteiger partial charge in [-0.2, -0.15) is 5.10 Å². The van der Waals surface area contributed by atoms with Crippen molar-refractivity contribution in [3.63, 3.8) is 0 Å². The Morgan fingerprint density at radius 1 is 1.15 bits per heavy atom. The zero-order valence-electron chi connectivity index (χ0n) is 11.9. The van der Waals surface area contributed by atoms with Crippen molar-refractivity contribution in [2.75, 3.05) is 6.61 Å². The molecule has 0 amide bonds. The summed E-state index contributed by atoms with van der Waals surface area (Å²) in [5.41, 5.74) is 1.82. The van der Waals surface area contributed by atoms with Gasteiger partial charge in [-0.25, -0.2) is 0 Å². The fourth-order valence-corrected chi connectivity index (χ4v) is 1.85. The number of benzene rings is 1. The zero-order chi connectivity index (χ0) is 14.4. The number of hydrogen-bond donors (Lipinski definition) is 1. The molecule has 5 heteroatoms. The standard InChI is InChI=1S/C15H20N2O3/c1-3-17-9-13(8-16-17)11-20-14-6-5-12(10-18)7-15(14)19-4-2/h5-9,18H,3-4,10-11H2,1-2H3. The molecule has 0 unspecified atom stereocenters. The Morgan fingerprint density at radius 3 is 2.65 bits per heavy atom. The van der Waals surface area contributed by atoms with E-state index in [0.29, 0.717) is 24.7 Å². The lowest BCUT2D eigenvalue weighted by atomic mass is 10.2. The zero-order valence-corrected chi connectivity index (χ0v) is 11.9. The van der Waals surface area contributed by atoms with Crippen LogP contribution < -0.4 is 9.47 Å². The van der Waals surface area contributed by atoms with Crippen molar-refractivity contribution >= 4 is 0 Å². The van der Waals surface area contributed by atoms with Gasteiger partial charge >= 0.3 is 0 Å². The minimum atomic E-state index is -0.0103. The molecular weight excluding hydrogens is 256 g/mol. The highest BCUT2D eigenvalue weighted by molar-refractivity contribution is 5.43. The number of hydrogen-bond acceptors (Lipinski definition) is 4. The van der Waals surface area contributed by atoms with Crippen LogP contribution in [0.3, 0.4) is 0 Å². The summed E-state index contributed by atoms with van der Waals surface area (Å²) in [7, 11) is 0. The predicted octanol–water partition coefficient (Wildman–Crippen LogP) is 2.37. The van der Waals surface area contributed by atoms with E-state index in [0.717, 1.165) is 17.7 Å². The highest BCUT2D eigenvalue weighted by atomic mass is 16.5. The molecule has 1 heterocycles. The molecule has 5 nitrogen and oxygen atoms in total. The minimum Gasteiger partial charge on any atom is -0.490 e. The summed E-state index contributed by atoms with van der Waals surface area (Å²) in [6, 6.07) is 5.45. The van der Waals surface area contributed by atoms with Crippen molar-refractivity contribution < 1.29 is 14.6 Å². The molecule has 2 rings (SSSR count). The second-order valence-corrected chi connectivity index (χ2v) is 4.37. The number of rotatable bonds is 7. The molecule has 0 bridgehead atoms. The molecule has 0 aliphatic rings. The van der Waals surface area contributed by atoms with E-state index >= 15 is 0 Å². The summed E-state index contributed by atoms with van der Waals surface area (Å²) in [4.78, 5) is 0. The van der Waals surface area contributed by atoms with E-state index in [1.807, 2.05) is 36.9 Å². The lowest BCUT2D eigenvalue weighted by Gasteiger charge is -2.12. The summed E-state index contributed by atoms with van der Waals surface area (Å²) in [5.74, 6) is 1.33. The average Bonchev–Trinajstić information content (AvgIpc) is 2.94. The Labute approximate surface area is 118 Å². The van der Waals surface area contributed by atoms with Crippen molar-refractivity contribution in [1.82, 2.24) is 9.78 Å². The van der Waals surface area contributed by atoms with Gasteiger partial charge in [0.25, 0.3) is 0 Å². The molecule has 0 aliphatic carbocycles. The molecule has 108 valence electrons. The van der Waals surface area contributed by atoms with Crippen LogP contribution in [0.25, 0.3) is 0 Å². The van der Waals surface area contributed by atoms with Crippen molar-refractivity contribution in [2.24, 2.45) is 0 Å². The maximum Gasteiger partial charge on any atom is 0.161 e. The van der Waals surface area contributed by atoms with Crippen LogP contribution in [0.15, 0.2) is 30.6 Å². The van der Waals surface area contributed by atoms with Gasteiger partial charge in [0.05, 0.1) is 19.4 Å². The van der Waals surface area contributed by atoms with Crippen LogP contribution in [0.1, 0.15) is 25.0 Å². The Bertz CT molecular complexity index is 552. The molecule has 0 fully saturated rings. The molecule has 2 aromatic rings. The smallest absolute Gasteiger partial charge is 0.161 e. The van der Waals surface area contributed by atoms with E-state index in [1.54, 1.807) is 12.3 Å². The molecule has 0 saturated heterocycles. The molecule has 0 saturated carbocycles. The van der Waals surface area contributed by atoms with Gasteiger partial charge in [-0.05, 0) is 31.5 Å². The van der Waals surface area contributed by atoms with Gasteiger partial charge in [0.2, 0.25) is 0 Å². The maximum atomic E-state index is 9.15. The summed E-state index contributed by atoms with van der Waals surface area (Å²) in [6.45, 7) is 5.79. The molecule has 1 aromatic carbocycles. The monoisotopic (exact) mass is 276 g/mol. The highest BCUT2D eigenvalue weighted by Gasteiger charge is 2.07. The fourth-order valence-electron chi connectivity index (χ4n) is 1.85. The van der Waals surface area contributed by atoms with E-state index in [2.05, 4.69) is 5.10 Å². The van der Waals surface area contributed by atoms with Gasteiger partial charge < -0.3 is 14.6 Å². The molecule has 20 heavy (non-hydrogen) atoms. The number of ether oxygens (including phenoxy) is 2. The van der Waals surface area contributed by atoms with Gasteiger partial charge in [0, 0.05) is 18.3 Å². The van der Waals surface area contributed by atoms with Crippen LogP contribution in [0.5, 0.6) is 11.5 Å². The quantitative estimate of drug-likeness (QED) is 0.843. The Hall–Kier alpha value is -2.01. The molecular formula is C15H20N2O3. The third-order valence-electron chi connectivity index (χ3n) is 2.90. The summed E-state index contributed by atoms with van der Waals surface area (Å²) >= 11 is 0. The Kier molecular flexibility index (Phi) is 5.01. The van der Waals surface area contributed by atoms with Gasteiger partial charge in [-0.3, -0.25) is 4.68 Å². The number of nitrogens with zero attached hydrogens (tertiary/aromatic N) is 2. The lowest BCUT2D eigenvalue weighted by Crippen LogP contribution is -2.00. The SMILES string of the molecule is CCOc1cc(CO)ccc1OCc1cnn(CC)c1. The van der Waals surface area contributed by atoms with Crippen LogP contribution in [0.4, 0.5) is 0 Å². The van der Waals surface area contributed by atoms with Gasteiger partial charge in [-0.1, -0.05) is 6.07 Å².